The van der Waals surface area contributed by atoms with E-state index in [9.17, 15) is 4.79 Å². The number of nitrogens with zero attached hydrogens (tertiary/aromatic N) is 2. The van der Waals surface area contributed by atoms with Gasteiger partial charge in [0.05, 0.1) is 18.8 Å². The zero-order valence-corrected chi connectivity index (χ0v) is 16.3. The Labute approximate surface area is 157 Å². The van der Waals surface area contributed by atoms with Gasteiger partial charge < -0.3 is 14.4 Å². The first kappa shape index (κ1) is 18.5. The summed E-state index contributed by atoms with van der Waals surface area (Å²) in [6, 6.07) is 4.98. The molecular weight excluding hydrogens is 360 g/mol. The van der Waals surface area contributed by atoms with Crippen molar-refractivity contribution >= 4 is 34.4 Å². The largest absolute Gasteiger partial charge is 0.496 e. The third-order valence-corrected chi connectivity index (χ3v) is 5.70. The first-order valence-electron chi connectivity index (χ1n) is 8.40. The van der Waals surface area contributed by atoms with Crippen LogP contribution in [-0.2, 0) is 4.74 Å². The molecule has 0 aromatic heterocycles. The van der Waals surface area contributed by atoms with E-state index in [-0.39, 0.29) is 16.8 Å². The van der Waals surface area contributed by atoms with Crippen molar-refractivity contribution in [2.75, 3.05) is 26.8 Å². The average Bonchev–Trinajstić information content (AvgIpc) is 3.15. The van der Waals surface area contributed by atoms with Gasteiger partial charge in [-0.25, -0.2) is 0 Å². The molecule has 3 rings (SSSR count). The summed E-state index contributed by atoms with van der Waals surface area (Å²) in [5, 5.41) is 1.23. The molecule has 0 saturated carbocycles. The van der Waals surface area contributed by atoms with E-state index in [1.165, 1.54) is 7.11 Å². The van der Waals surface area contributed by atoms with Gasteiger partial charge in [-0.2, -0.15) is 4.99 Å². The van der Waals surface area contributed by atoms with Gasteiger partial charge in [-0.3, -0.25) is 4.79 Å². The molecular formula is C18H23ClN2O3S. The maximum Gasteiger partial charge on any atom is 0.283 e. The highest BCUT2D eigenvalue weighted by molar-refractivity contribution is 8.15. The summed E-state index contributed by atoms with van der Waals surface area (Å²) in [7, 11) is 1.53. The van der Waals surface area contributed by atoms with Gasteiger partial charge in [-0.05, 0) is 44.9 Å². The fourth-order valence-corrected chi connectivity index (χ4v) is 4.42. The number of carbonyl (C=O) groups excluding carboxylic acids is 1. The van der Waals surface area contributed by atoms with Gasteiger partial charge in [0.25, 0.3) is 5.91 Å². The molecule has 0 aliphatic carbocycles. The lowest BCUT2D eigenvalue weighted by atomic mass is 10.1. The summed E-state index contributed by atoms with van der Waals surface area (Å²) in [5.41, 5.74) is 0.380. The highest BCUT2D eigenvalue weighted by atomic mass is 35.5. The fraction of sp³-hybridized carbons (Fsp3) is 0.556. The van der Waals surface area contributed by atoms with E-state index in [0.717, 1.165) is 37.7 Å². The molecule has 2 fully saturated rings. The topological polar surface area (TPSA) is 51.1 Å². The molecule has 0 N–H and O–H groups in total. The number of thioether (sulfide) groups is 1. The Morgan fingerprint density at radius 2 is 2.32 bits per heavy atom. The van der Waals surface area contributed by atoms with Gasteiger partial charge in [0.2, 0.25) is 0 Å². The molecule has 2 saturated heterocycles. The zero-order chi connectivity index (χ0) is 18.0. The van der Waals surface area contributed by atoms with Crippen LogP contribution in [0.25, 0.3) is 0 Å². The minimum atomic E-state index is -0.336. The first-order valence-corrected chi connectivity index (χ1v) is 9.59. The van der Waals surface area contributed by atoms with E-state index in [0.29, 0.717) is 16.3 Å². The Hall–Kier alpha value is -1.24. The summed E-state index contributed by atoms with van der Waals surface area (Å²) in [4.78, 5) is 19.3. The minimum absolute atomic E-state index is 0.0101. The minimum Gasteiger partial charge on any atom is -0.496 e. The molecule has 2 aliphatic heterocycles. The van der Waals surface area contributed by atoms with Crippen LogP contribution in [0.15, 0.2) is 23.2 Å². The first-order chi connectivity index (χ1) is 11.9. The fourth-order valence-electron chi connectivity index (χ4n) is 3.14. The van der Waals surface area contributed by atoms with Crippen LogP contribution in [0.3, 0.4) is 0 Å². The van der Waals surface area contributed by atoms with Crippen LogP contribution in [0.2, 0.25) is 5.02 Å². The summed E-state index contributed by atoms with van der Waals surface area (Å²) < 4.78 is 11.0. The smallest absolute Gasteiger partial charge is 0.283 e. The molecule has 136 valence electrons. The number of methoxy groups -OCH3 is 1. The predicted octanol–water partition coefficient (Wildman–Crippen LogP) is 3.85. The monoisotopic (exact) mass is 382 g/mol. The standard InChI is InChI=1S/C18H23ClN2O3S/c1-18(2)11-21(10-13-5-4-8-24-13)17(25-18)20-16(22)14-9-12(19)6-7-15(14)23-3/h6-7,9,13H,4-5,8,10-11H2,1-3H3/t13-/m1/s1. The molecule has 1 aromatic rings. The third kappa shape index (κ3) is 4.49. The van der Waals surface area contributed by atoms with Crippen LogP contribution in [0.5, 0.6) is 5.75 Å². The Morgan fingerprint density at radius 1 is 1.52 bits per heavy atom. The number of hydrogen-bond donors (Lipinski definition) is 0. The summed E-state index contributed by atoms with van der Waals surface area (Å²) >= 11 is 7.66. The quantitative estimate of drug-likeness (QED) is 0.791. The SMILES string of the molecule is COc1ccc(Cl)cc1C(=O)N=C1SC(C)(C)CN1C[C@H]1CCCO1. The Balaban J connectivity index is 1.84. The maximum absolute atomic E-state index is 12.7. The molecule has 0 radical (unpaired) electrons. The molecule has 7 heteroatoms. The normalized spacial score (nSPS) is 24.1. The molecule has 1 atom stereocenters. The Kier molecular flexibility index (Phi) is 5.61. The van der Waals surface area contributed by atoms with E-state index in [1.54, 1.807) is 30.0 Å². The number of halogens is 1. The highest BCUT2D eigenvalue weighted by Crippen LogP contribution is 2.36. The van der Waals surface area contributed by atoms with Gasteiger partial charge in [-0.1, -0.05) is 23.4 Å². The summed E-state index contributed by atoms with van der Waals surface area (Å²) in [6.45, 7) is 6.76. The zero-order valence-electron chi connectivity index (χ0n) is 14.8. The Bertz CT molecular complexity index is 687. The number of ether oxygens (including phenoxy) is 2. The molecule has 25 heavy (non-hydrogen) atoms. The second-order valence-corrected chi connectivity index (χ2v) is 9.03. The van der Waals surface area contributed by atoms with Crippen LogP contribution in [-0.4, -0.2) is 53.6 Å². The average molecular weight is 383 g/mol. The number of aliphatic imine (C=N–C) groups is 1. The molecule has 5 nitrogen and oxygen atoms in total. The van der Waals surface area contributed by atoms with Gasteiger partial charge in [0.15, 0.2) is 5.17 Å². The van der Waals surface area contributed by atoms with Gasteiger partial charge in [0, 0.05) is 29.5 Å². The molecule has 2 heterocycles. The number of amidine groups is 1. The van der Waals surface area contributed by atoms with Crippen LogP contribution in [0, 0.1) is 0 Å². The van der Waals surface area contributed by atoms with E-state index in [1.807, 2.05) is 0 Å². The number of amides is 1. The lowest BCUT2D eigenvalue weighted by Gasteiger charge is -2.22. The molecule has 1 aromatic carbocycles. The van der Waals surface area contributed by atoms with Crippen LogP contribution < -0.4 is 4.74 Å². The van der Waals surface area contributed by atoms with Crippen molar-refractivity contribution in [3.8, 4) is 5.75 Å². The molecule has 0 bridgehead atoms. The summed E-state index contributed by atoms with van der Waals surface area (Å²) in [5.74, 6) is 0.142. The Morgan fingerprint density at radius 3 is 3.00 bits per heavy atom. The van der Waals surface area contributed by atoms with Gasteiger partial charge >= 0.3 is 0 Å². The van der Waals surface area contributed by atoms with E-state index in [4.69, 9.17) is 21.1 Å². The van der Waals surface area contributed by atoms with Crippen LogP contribution in [0.4, 0.5) is 0 Å². The van der Waals surface area contributed by atoms with E-state index < -0.39 is 0 Å². The summed E-state index contributed by atoms with van der Waals surface area (Å²) in [6.07, 6.45) is 2.38. The third-order valence-electron chi connectivity index (χ3n) is 4.25. The van der Waals surface area contributed by atoms with Crippen molar-refractivity contribution in [2.45, 2.75) is 37.5 Å². The predicted molar refractivity (Wildman–Crippen MR) is 102 cm³/mol. The molecule has 1 amide bonds. The van der Waals surface area contributed by atoms with Crippen molar-refractivity contribution in [1.82, 2.24) is 4.90 Å². The van der Waals surface area contributed by atoms with E-state index >= 15 is 0 Å². The number of rotatable bonds is 4. The number of carbonyl (C=O) groups is 1. The van der Waals surface area contributed by atoms with Gasteiger partial charge in [-0.15, -0.1) is 0 Å². The van der Waals surface area contributed by atoms with Crippen molar-refractivity contribution in [2.24, 2.45) is 4.99 Å². The lowest BCUT2D eigenvalue weighted by Crippen LogP contribution is -2.35. The number of hydrogen-bond acceptors (Lipinski definition) is 4. The maximum atomic E-state index is 12.7. The van der Waals surface area contributed by atoms with Crippen LogP contribution >= 0.6 is 23.4 Å². The number of benzene rings is 1. The second-order valence-electron chi connectivity index (χ2n) is 6.92. The van der Waals surface area contributed by atoms with Crippen molar-refractivity contribution in [3.05, 3.63) is 28.8 Å². The second kappa shape index (κ2) is 7.56. The van der Waals surface area contributed by atoms with E-state index in [2.05, 4.69) is 23.7 Å². The van der Waals surface area contributed by atoms with Crippen LogP contribution in [0.1, 0.15) is 37.0 Å². The molecule has 0 unspecified atom stereocenters. The van der Waals surface area contributed by atoms with Gasteiger partial charge in [0.1, 0.15) is 5.75 Å². The van der Waals surface area contributed by atoms with Crippen molar-refractivity contribution in [3.63, 3.8) is 0 Å². The lowest BCUT2D eigenvalue weighted by molar-refractivity contribution is 0.0908. The van der Waals surface area contributed by atoms with Crippen molar-refractivity contribution < 1.29 is 14.3 Å². The highest BCUT2D eigenvalue weighted by Gasteiger charge is 2.37. The molecule has 0 spiro atoms. The van der Waals surface area contributed by atoms with Crippen molar-refractivity contribution in [1.29, 1.82) is 0 Å². The molecule has 2 aliphatic rings.